The second-order valence-corrected chi connectivity index (χ2v) is 7.09. The van der Waals surface area contributed by atoms with Crippen molar-refractivity contribution in [2.24, 2.45) is 0 Å². The van der Waals surface area contributed by atoms with Crippen LogP contribution < -0.4 is 5.32 Å². The van der Waals surface area contributed by atoms with Gasteiger partial charge in [-0.1, -0.05) is 42.5 Å². The highest BCUT2D eigenvalue weighted by Gasteiger charge is 2.30. The number of aromatic hydroxyl groups is 1. The van der Waals surface area contributed by atoms with Crippen molar-refractivity contribution in [3.05, 3.63) is 77.4 Å². The predicted octanol–water partition coefficient (Wildman–Crippen LogP) is 6.04. The Bertz CT molecular complexity index is 985. The minimum Gasteiger partial charge on any atom is -0.508 e. The van der Waals surface area contributed by atoms with Gasteiger partial charge >= 0.3 is 0 Å². The summed E-state index contributed by atoms with van der Waals surface area (Å²) < 4.78 is 0. The van der Waals surface area contributed by atoms with E-state index in [2.05, 4.69) is 41.7 Å². The summed E-state index contributed by atoms with van der Waals surface area (Å²) >= 11 is 0. The molecule has 0 radical (unpaired) electrons. The van der Waals surface area contributed by atoms with Gasteiger partial charge in [0.1, 0.15) is 5.75 Å². The number of anilines is 1. The molecule has 0 saturated carbocycles. The van der Waals surface area contributed by atoms with Crippen LogP contribution in [0.4, 0.5) is 5.69 Å². The van der Waals surface area contributed by atoms with Crippen molar-refractivity contribution in [1.82, 2.24) is 0 Å². The number of benzene rings is 3. The lowest BCUT2D eigenvalue weighted by Crippen LogP contribution is -2.22. The van der Waals surface area contributed by atoms with Gasteiger partial charge in [-0.2, -0.15) is 0 Å². The second-order valence-electron chi connectivity index (χ2n) is 7.09. The van der Waals surface area contributed by atoms with Crippen LogP contribution in [0.2, 0.25) is 0 Å². The van der Waals surface area contributed by atoms with Gasteiger partial charge < -0.3 is 10.4 Å². The smallest absolute Gasteiger partial charge is 0.115 e. The standard InChI is InChI=1S/C23H21NO/c25-17-12-9-16(10-13-17)23-20-8-4-3-7-19(20)22-18-6-2-1-5-15(18)11-14-21(22)24-23/h1-2,5-6,9-14,23-25H,3-4,7-8H2. The molecule has 0 amide bonds. The molecule has 2 nitrogen and oxygen atoms in total. The van der Waals surface area contributed by atoms with Crippen molar-refractivity contribution in [2.75, 3.05) is 5.32 Å². The molecule has 0 spiro atoms. The number of fused-ring (bicyclic) bond motifs is 4. The minimum atomic E-state index is 0.213. The maximum absolute atomic E-state index is 9.63. The highest BCUT2D eigenvalue weighted by molar-refractivity contribution is 6.01. The van der Waals surface area contributed by atoms with E-state index in [9.17, 15) is 5.11 Å². The first-order valence-corrected chi connectivity index (χ1v) is 9.11. The third-order valence-corrected chi connectivity index (χ3v) is 5.62. The van der Waals surface area contributed by atoms with Gasteiger partial charge in [0.15, 0.2) is 0 Å². The zero-order valence-electron chi connectivity index (χ0n) is 14.1. The fourth-order valence-electron chi connectivity index (χ4n) is 4.44. The predicted molar refractivity (Wildman–Crippen MR) is 104 cm³/mol. The molecule has 1 aliphatic heterocycles. The Morgan fingerprint density at radius 2 is 1.64 bits per heavy atom. The topological polar surface area (TPSA) is 32.3 Å². The van der Waals surface area contributed by atoms with E-state index in [4.69, 9.17) is 0 Å². The van der Waals surface area contributed by atoms with Gasteiger partial charge in [-0.15, -0.1) is 0 Å². The summed E-state index contributed by atoms with van der Waals surface area (Å²) in [5.74, 6) is 0.323. The number of phenolic OH excluding ortho intramolecular Hbond substituents is 1. The molecule has 0 bridgehead atoms. The first-order valence-electron chi connectivity index (χ1n) is 9.11. The molecule has 0 fully saturated rings. The SMILES string of the molecule is Oc1ccc(C2Nc3ccc4ccccc4c3C3=C2CCCC3)cc1. The summed E-state index contributed by atoms with van der Waals surface area (Å²) in [5.41, 5.74) is 6.93. The highest BCUT2D eigenvalue weighted by Crippen LogP contribution is 2.48. The van der Waals surface area contributed by atoms with Crippen molar-refractivity contribution in [3.8, 4) is 5.75 Å². The van der Waals surface area contributed by atoms with E-state index >= 15 is 0 Å². The van der Waals surface area contributed by atoms with E-state index < -0.39 is 0 Å². The van der Waals surface area contributed by atoms with Gasteiger partial charge in [0, 0.05) is 11.3 Å². The lowest BCUT2D eigenvalue weighted by molar-refractivity contribution is 0.475. The highest BCUT2D eigenvalue weighted by atomic mass is 16.3. The Morgan fingerprint density at radius 3 is 2.52 bits per heavy atom. The van der Waals surface area contributed by atoms with Crippen LogP contribution in [0.3, 0.4) is 0 Å². The summed E-state index contributed by atoms with van der Waals surface area (Å²) in [5, 5.41) is 16.1. The van der Waals surface area contributed by atoms with Crippen molar-refractivity contribution in [3.63, 3.8) is 0 Å². The van der Waals surface area contributed by atoms with Crippen molar-refractivity contribution in [1.29, 1.82) is 0 Å². The average Bonchev–Trinajstić information content (AvgIpc) is 2.67. The minimum absolute atomic E-state index is 0.213. The Labute approximate surface area is 147 Å². The quantitative estimate of drug-likeness (QED) is 0.571. The Balaban J connectivity index is 1.73. The van der Waals surface area contributed by atoms with Gasteiger partial charge in [-0.25, -0.2) is 0 Å². The first kappa shape index (κ1) is 14.6. The third kappa shape index (κ3) is 2.32. The molecule has 2 heteroatoms. The van der Waals surface area contributed by atoms with Gasteiger partial charge in [-0.3, -0.25) is 0 Å². The zero-order chi connectivity index (χ0) is 16.8. The molecule has 5 rings (SSSR count). The van der Waals surface area contributed by atoms with Gasteiger partial charge in [0.05, 0.1) is 6.04 Å². The van der Waals surface area contributed by atoms with Crippen LogP contribution in [-0.2, 0) is 0 Å². The van der Waals surface area contributed by atoms with Crippen LogP contribution >= 0.6 is 0 Å². The largest absolute Gasteiger partial charge is 0.508 e. The zero-order valence-corrected chi connectivity index (χ0v) is 14.1. The van der Waals surface area contributed by atoms with Gasteiger partial charge in [0.2, 0.25) is 0 Å². The summed E-state index contributed by atoms with van der Waals surface area (Å²) in [6.07, 6.45) is 4.84. The molecule has 1 unspecified atom stereocenters. The molecule has 1 aliphatic carbocycles. The fraction of sp³-hybridized carbons (Fsp3) is 0.217. The lowest BCUT2D eigenvalue weighted by Gasteiger charge is -2.36. The second kappa shape index (κ2) is 5.66. The number of nitrogens with one attached hydrogen (secondary N) is 1. The number of rotatable bonds is 1. The first-order chi connectivity index (χ1) is 12.3. The molecule has 2 N–H and O–H groups in total. The molecule has 0 saturated heterocycles. The molecule has 1 atom stereocenters. The van der Waals surface area contributed by atoms with E-state index in [0.29, 0.717) is 5.75 Å². The third-order valence-electron chi connectivity index (χ3n) is 5.62. The van der Waals surface area contributed by atoms with Crippen LogP contribution in [-0.4, -0.2) is 5.11 Å². The average molecular weight is 327 g/mol. The molecule has 2 aliphatic rings. The monoisotopic (exact) mass is 327 g/mol. The van der Waals surface area contributed by atoms with E-state index in [-0.39, 0.29) is 6.04 Å². The number of allylic oxidation sites excluding steroid dienone is 1. The van der Waals surface area contributed by atoms with Crippen LogP contribution in [0.5, 0.6) is 5.75 Å². The lowest BCUT2D eigenvalue weighted by atomic mass is 9.77. The fourth-order valence-corrected chi connectivity index (χ4v) is 4.44. The number of hydrogen-bond donors (Lipinski definition) is 2. The molecule has 3 aromatic rings. The van der Waals surface area contributed by atoms with Gasteiger partial charge in [-0.05, 0) is 71.4 Å². The Kier molecular flexibility index (Phi) is 3.30. The molecule has 3 aromatic carbocycles. The van der Waals surface area contributed by atoms with Crippen molar-refractivity contribution < 1.29 is 5.11 Å². The summed E-state index contributed by atoms with van der Waals surface area (Å²) in [7, 11) is 0. The Morgan fingerprint density at radius 1 is 0.840 bits per heavy atom. The van der Waals surface area contributed by atoms with Gasteiger partial charge in [0.25, 0.3) is 0 Å². The molecule has 25 heavy (non-hydrogen) atoms. The van der Waals surface area contributed by atoms with E-state index in [0.717, 1.165) is 12.8 Å². The molecule has 0 aromatic heterocycles. The van der Waals surface area contributed by atoms with Crippen LogP contribution in [0, 0.1) is 0 Å². The van der Waals surface area contributed by atoms with E-state index in [1.807, 2.05) is 12.1 Å². The maximum Gasteiger partial charge on any atom is 0.115 e. The van der Waals surface area contributed by atoms with Crippen LogP contribution in [0.15, 0.2) is 66.2 Å². The molecule has 1 heterocycles. The molecule has 124 valence electrons. The molecular weight excluding hydrogens is 306 g/mol. The molecular formula is C23H21NO. The normalized spacial score (nSPS) is 19.3. The van der Waals surface area contributed by atoms with Crippen LogP contribution in [0.25, 0.3) is 16.3 Å². The summed E-state index contributed by atoms with van der Waals surface area (Å²) in [4.78, 5) is 0. The van der Waals surface area contributed by atoms with E-state index in [1.54, 1.807) is 12.1 Å². The Hall–Kier alpha value is -2.74. The van der Waals surface area contributed by atoms with Crippen LogP contribution in [0.1, 0.15) is 42.9 Å². The maximum atomic E-state index is 9.63. The van der Waals surface area contributed by atoms with Crippen molar-refractivity contribution >= 4 is 22.0 Å². The number of phenols is 1. The van der Waals surface area contributed by atoms with Crippen molar-refractivity contribution in [2.45, 2.75) is 31.7 Å². The van der Waals surface area contributed by atoms with E-state index in [1.165, 1.54) is 51.6 Å². The summed E-state index contributed by atoms with van der Waals surface area (Å²) in [6.45, 7) is 0. The number of hydrogen-bond acceptors (Lipinski definition) is 2. The summed E-state index contributed by atoms with van der Waals surface area (Å²) in [6, 6.07) is 21.0.